The second kappa shape index (κ2) is 7.76. The van der Waals surface area contributed by atoms with Gasteiger partial charge in [0.2, 0.25) is 0 Å². The number of anilines is 1. The summed E-state index contributed by atoms with van der Waals surface area (Å²) in [5, 5.41) is 2.87. The summed E-state index contributed by atoms with van der Waals surface area (Å²) in [4.78, 5) is 16.7. The minimum atomic E-state index is -0.152. The van der Waals surface area contributed by atoms with Crippen molar-refractivity contribution >= 4 is 27.5 Å². The molecule has 0 saturated carbocycles. The SMILES string of the molecule is O=C1COc2ccc(-c3cc(-c4ccccc4)cc(-c4ccc(Br)cc4)n3)cc2N1. The fraction of sp³-hybridized carbons (Fsp3) is 0.0400. The summed E-state index contributed by atoms with van der Waals surface area (Å²) >= 11 is 3.49. The number of aromatic nitrogens is 1. The number of hydrogen-bond acceptors (Lipinski definition) is 3. The number of amides is 1. The predicted molar refractivity (Wildman–Crippen MR) is 122 cm³/mol. The van der Waals surface area contributed by atoms with Crippen LogP contribution in [0.1, 0.15) is 0 Å². The molecule has 5 rings (SSSR count). The van der Waals surface area contributed by atoms with E-state index in [0.717, 1.165) is 38.1 Å². The second-order valence-corrected chi connectivity index (χ2v) is 7.96. The smallest absolute Gasteiger partial charge is 0.262 e. The first-order valence-electron chi connectivity index (χ1n) is 9.56. The standard InChI is InChI=1S/C25H17BrN2O2/c26-20-9-6-17(7-10-20)21-13-19(16-4-2-1-3-5-16)14-22(27-21)18-8-11-24-23(12-18)28-25(29)15-30-24/h1-14H,15H2,(H,28,29). The Kier molecular flexibility index (Phi) is 4.81. The Balaban J connectivity index is 1.66. The van der Waals surface area contributed by atoms with Gasteiger partial charge in [-0.1, -0.05) is 58.4 Å². The van der Waals surface area contributed by atoms with Crippen LogP contribution in [0.15, 0.2) is 89.4 Å². The summed E-state index contributed by atoms with van der Waals surface area (Å²) in [5.74, 6) is 0.520. The maximum absolute atomic E-state index is 11.7. The van der Waals surface area contributed by atoms with Crippen LogP contribution in [0, 0.1) is 0 Å². The molecule has 2 heterocycles. The highest BCUT2D eigenvalue weighted by molar-refractivity contribution is 9.10. The Labute approximate surface area is 182 Å². The third-order valence-corrected chi connectivity index (χ3v) is 5.51. The zero-order valence-electron chi connectivity index (χ0n) is 15.9. The number of carbonyl (C=O) groups excluding carboxylic acids is 1. The molecule has 1 N–H and O–H groups in total. The van der Waals surface area contributed by atoms with E-state index in [1.807, 2.05) is 60.7 Å². The van der Waals surface area contributed by atoms with Crippen LogP contribution in [0.2, 0.25) is 0 Å². The number of carbonyl (C=O) groups is 1. The van der Waals surface area contributed by atoms with Crippen LogP contribution in [0.5, 0.6) is 5.75 Å². The highest BCUT2D eigenvalue weighted by Crippen LogP contribution is 2.35. The normalized spacial score (nSPS) is 12.6. The molecule has 0 radical (unpaired) electrons. The van der Waals surface area contributed by atoms with E-state index < -0.39 is 0 Å². The van der Waals surface area contributed by atoms with Crippen LogP contribution < -0.4 is 10.1 Å². The third kappa shape index (κ3) is 3.72. The number of benzene rings is 3. The molecule has 0 spiro atoms. The van der Waals surface area contributed by atoms with E-state index in [-0.39, 0.29) is 12.5 Å². The van der Waals surface area contributed by atoms with E-state index in [1.54, 1.807) is 0 Å². The Hall–Kier alpha value is -3.44. The molecule has 3 aromatic carbocycles. The predicted octanol–water partition coefficient (Wildman–Crippen LogP) is 6.18. The summed E-state index contributed by atoms with van der Waals surface area (Å²) in [6, 6.07) is 28.3. The fourth-order valence-electron chi connectivity index (χ4n) is 3.49. The number of hydrogen-bond donors (Lipinski definition) is 1. The van der Waals surface area contributed by atoms with Gasteiger partial charge in [-0.25, -0.2) is 4.98 Å². The minimum absolute atomic E-state index is 0.0435. The Morgan fingerprint density at radius 2 is 1.47 bits per heavy atom. The quantitative estimate of drug-likeness (QED) is 0.400. The molecule has 0 fully saturated rings. The molecule has 1 aliphatic heterocycles. The van der Waals surface area contributed by atoms with E-state index in [0.29, 0.717) is 11.4 Å². The van der Waals surface area contributed by atoms with E-state index in [4.69, 9.17) is 9.72 Å². The first-order valence-corrected chi connectivity index (χ1v) is 10.4. The van der Waals surface area contributed by atoms with Crippen molar-refractivity contribution in [3.63, 3.8) is 0 Å². The average Bonchev–Trinajstić information content (AvgIpc) is 2.79. The molecule has 30 heavy (non-hydrogen) atoms. The van der Waals surface area contributed by atoms with Gasteiger partial charge in [-0.05, 0) is 53.6 Å². The first-order chi connectivity index (χ1) is 14.7. The molecule has 0 saturated heterocycles. The average molecular weight is 457 g/mol. The summed E-state index contributed by atoms with van der Waals surface area (Å²) in [5.41, 5.74) is 6.53. The van der Waals surface area contributed by atoms with Gasteiger partial charge in [0, 0.05) is 15.6 Å². The first kappa shape index (κ1) is 18.6. The van der Waals surface area contributed by atoms with Crippen molar-refractivity contribution in [2.24, 2.45) is 0 Å². The molecule has 4 aromatic rings. The van der Waals surface area contributed by atoms with Crippen molar-refractivity contribution in [2.75, 3.05) is 11.9 Å². The zero-order valence-corrected chi connectivity index (χ0v) is 17.5. The van der Waals surface area contributed by atoms with Gasteiger partial charge in [-0.15, -0.1) is 0 Å². The summed E-state index contributed by atoms with van der Waals surface area (Å²) in [6.07, 6.45) is 0. The van der Waals surface area contributed by atoms with Gasteiger partial charge in [-0.3, -0.25) is 4.79 Å². The molecule has 0 aliphatic carbocycles. The van der Waals surface area contributed by atoms with E-state index >= 15 is 0 Å². The van der Waals surface area contributed by atoms with Crippen molar-refractivity contribution in [2.45, 2.75) is 0 Å². The molecule has 146 valence electrons. The summed E-state index contributed by atoms with van der Waals surface area (Å²) in [6.45, 7) is 0.0435. The molecule has 0 atom stereocenters. The van der Waals surface area contributed by atoms with Crippen molar-refractivity contribution < 1.29 is 9.53 Å². The van der Waals surface area contributed by atoms with Gasteiger partial charge in [0.05, 0.1) is 17.1 Å². The van der Waals surface area contributed by atoms with Crippen molar-refractivity contribution in [3.8, 4) is 39.4 Å². The second-order valence-electron chi connectivity index (χ2n) is 7.05. The van der Waals surface area contributed by atoms with Crippen molar-refractivity contribution in [3.05, 3.63) is 89.4 Å². The molecule has 1 aliphatic rings. The number of nitrogens with one attached hydrogen (secondary N) is 1. The lowest BCUT2D eigenvalue weighted by atomic mass is 9.99. The van der Waals surface area contributed by atoms with Gasteiger partial charge in [0.25, 0.3) is 5.91 Å². The monoisotopic (exact) mass is 456 g/mol. The summed E-state index contributed by atoms with van der Waals surface area (Å²) < 4.78 is 6.51. The zero-order chi connectivity index (χ0) is 20.5. The van der Waals surface area contributed by atoms with Crippen LogP contribution in [0.4, 0.5) is 5.69 Å². The third-order valence-electron chi connectivity index (χ3n) is 4.98. The molecule has 0 unspecified atom stereocenters. The lowest BCUT2D eigenvalue weighted by molar-refractivity contribution is -0.118. The van der Waals surface area contributed by atoms with Crippen LogP contribution >= 0.6 is 15.9 Å². The number of fused-ring (bicyclic) bond motifs is 1. The van der Waals surface area contributed by atoms with Gasteiger partial charge in [0.15, 0.2) is 6.61 Å². The molecule has 0 bridgehead atoms. The summed E-state index contributed by atoms with van der Waals surface area (Å²) in [7, 11) is 0. The van der Waals surface area contributed by atoms with Gasteiger partial charge in [-0.2, -0.15) is 0 Å². The number of pyridine rings is 1. The topological polar surface area (TPSA) is 51.2 Å². The van der Waals surface area contributed by atoms with Gasteiger partial charge < -0.3 is 10.1 Å². The number of nitrogens with zero attached hydrogens (tertiary/aromatic N) is 1. The fourth-order valence-corrected chi connectivity index (χ4v) is 3.75. The highest BCUT2D eigenvalue weighted by Gasteiger charge is 2.17. The molecule has 4 nitrogen and oxygen atoms in total. The molecular formula is C25H17BrN2O2. The van der Waals surface area contributed by atoms with Crippen LogP contribution in [-0.4, -0.2) is 17.5 Å². The lowest BCUT2D eigenvalue weighted by Gasteiger charge is -2.18. The number of halogens is 1. The molecule has 5 heteroatoms. The lowest BCUT2D eigenvalue weighted by Crippen LogP contribution is -2.25. The van der Waals surface area contributed by atoms with Crippen molar-refractivity contribution in [1.82, 2.24) is 4.98 Å². The van der Waals surface area contributed by atoms with E-state index in [1.165, 1.54) is 0 Å². The van der Waals surface area contributed by atoms with Gasteiger partial charge >= 0.3 is 0 Å². The number of rotatable bonds is 3. The molecule has 1 amide bonds. The number of ether oxygens (including phenoxy) is 1. The van der Waals surface area contributed by atoms with Crippen LogP contribution in [0.25, 0.3) is 33.6 Å². The Morgan fingerprint density at radius 3 is 2.23 bits per heavy atom. The van der Waals surface area contributed by atoms with Crippen LogP contribution in [-0.2, 0) is 4.79 Å². The van der Waals surface area contributed by atoms with E-state index in [9.17, 15) is 4.79 Å². The molecule has 1 aromatic heterocycles. The largest absolute Gasteiger partial charge is 0.482 e. The maximum atomic E-state index is 11.7. The van der Waals surface area contributed by atoms with E-state index in [2.05, 4.69) is 45.5 Å². The highest BCUT2D eigenvalue weighted by atomic mass is 79.9. The van der Waals surface area contributed by atoms with Gasteiger partial charge in [0.1, 0.15) is 5.75 Å². The van der Waals surface area contributed by atoms with Crippen molar-refractivity contribution in [1.29, 1.82) is 0 Å². The van der Waals surface area contributed by atoms with Crippen LogP contribution in [0.3, 0.4) is 0 Å². The Morgan fingerprint density at radius 1 is 0.767 bits per heavy atom. The minimum Gasteiger partial charge on any atom is -0.482 e. The Bertz CT molecular complexity index is 1240. The molecular weight excluding hydrogens is 440 g/mol. The maximum Gasteiger partial charge on any atom is 0.262 e.